The fraction of sp³-hybridized carbons (Fsp3) is 0.750. The SMILES string of the molecule is CO[C@@]12OC(C)(C)O[C@@H]1[C@H]1[C@@H](NC(=O)C3=C(Br)C4C=CC31O4)[C@@H]1OC(C)(C)O[C@@H]12. The highest BCUT2D eigenvalue weighted by molar-refractivity contribution is 9.11. The molecular formula is C20H24BrNO7. The van der Waals surface area contributed by atoms with Crippen molar-refractivity contribution in [1.82, 2.24) is 5.32 Å². The van der Waals surface area contributed by atoms with Crippen molar-refractivity contribution in [3.8, 4) is 0 Å². The van der Waals surface area contributed by atoms with Crippen molar-refractivity contribution in [2.24, 2.45) is 5.92 Å². The van der Waals surface area contributed by atoms with Gasteiger partial charge in [0.1, 0.15) is 30.0 Å². The maximum atomic E-state index is 13.1. The van der Waals surface area contributed by atoms with Crippen LogP contribution in [0.4, 0.5) is 0 Å². The highest BCUT2D eigenvalue weighted by atomic mass is 79.9. The number of carbonyl (C=O) groups excluding carboxylic acids is 1. The molecule has 4 fully saturated rings. The third-order valence-corrected chi connectivity index (χ3v) is 7.71. The molecule has 3 saturated heterocycles. The van der Waals surface area contributed by atoms with Gasteiger partial charge in [-0.2, -0.15) is 0 Å². The van der Waals surface area contributed by atoms with Gasteiger partial charge in [0.25, 0.3) is 5.91 Å². The lowest BCUT2D eigenvalue weighted by Gasteiger charge is -2.55. The van der Waals surface area contributed by atoms with Crippen LogP contribution in [0.2, 0.25) is 0 Å². The van der Waals surface area contributed by atoms with Crippen molar-refractivity contribution in [3.63, 3.8) is 0 Å². The molecule has 8 atom stereocenters. The number of amides is 1. The van der Waals surface area contributed by atoms with Crippen molar-refractivity contribution in [2.75, 3.05) is 7.11 Å². The monoisotopic (exact) mass is 469 g/mol. The molecule has 5 aliphatic heterocycles. The average molecular weight is 470 g/mol. The first-order valence-corrected chi connectivity index (χ1v) is 10.7. The molecule has 8 nitrogen and oxygen atoms in total. The number of methoxy groups -OCH3 is 1. The Morgan fingerprint density at radius 2 is 1.79 bits per heavy atom. The van der Waals surface area contributed by atoms with Crippen LogP contribution in [0.1, 0.15) is 27.7 Å². The van der Waals surface area contributed by atoms with E-state index in [1.54, 1.807) is 7.11 Å². The Labute approximate surface area is 177 Å². The third-order valence-electron chi connectivity index (χ3n) is 6.86. The topological polar surface area (TPSA) is 84.5 Å². The second kappa shape index (κ2) is 5.32. The number of fused-ring (bicyclic) bond motifs is 7. The van der Waals surface area contributed by atoms with Crippen LogP contribution >= 0.6 is 15.9 Å². The maximum Gasteiger partial charge on any atom is 0.251 e. The van der Waals surface area contributed by atoms with Crippen LogP contribution in [0.3, 0.4) is 0 Å². The van der Waals surface area contributed by atoms with E-state index < -0.39 is 47.3 Å². The smallest absolute Gasteiger partial charge is 0.251 e. The molecule has 5 heterocycles. The molecule has 1 aliphatic carbocycles. The van der Waals surface area contributed by atoms with E-state index >= 15 is 0 Å². The van der Waals surface area contributed by atoms with Gasteiger partial charge in [-0.05, 0) is 33.8 Å². The minimum absolute atomic E-state index is 0.167. The van der Waals surface area contributed by atoms with Crippen LogP contribution in [-0.4, -0.2) is 66.4 Å². The lowest BCUT2D eigenvalue weighted by Crippen LogP contribution is -2.76. The van der Waals surface area contributed by atoms with Gasteiger partial charge in [0.2, 0.25) is 5.79 Å². The molecule has 158 valence electrons. The van der Waals surface area contributed by atoms with E-state index in [1.165, 1.54) is 0 Å². The highest BCUT2D eigenvalue weighted by Crippen LogP contribution is 2.61. The van der Waals surface area contributed by atoms with Crippen LogP contribution in [-0.2, 0) is 33.2 Å². The summed E-state index contributed by atoms with van der Waals surface area (Å²) in [6, 6.07) is -0.398. The summed E-state index contributed by atoms with van der Waals surface area (Å²) in [6.07, 6.45) is 2.05. The lowest BCUT2D eigenvalue weighted by molar-refractivity contribution is -0.311. The van der Waals surface area contributed by atoms with Crippen molar-refractivity contribution < 1.29 is 33.2 Å². The molecule has 9 heteroatoms. The summed E-state index contributed by atoms with van der Waals surface area (Å²) in [5.41, 5.74) is -0.350. The van der Waals surface area contributed by atoms with Gasteiger partial charge >= 0.3 is 0 Å². The first kappa shape index (κ1) is 18.9. The summed E-state index contributed by atoms with van der Waals surface area (Å²) in [5, 5.41) is 3.15. The molecule has 2 unspecified atom stereocenters. The number of nitrogens with one attached hydrogen (secondary N) is 1. The standard InChI is InChI=1S/C20H24BrNO7/c1-17(2)26-13-12-10(14-20(24-5,15(13)28-17)29-18(3,4)27-14)19-7-6-8(25-19)11(21)9(19)16(23)22-12/h6-8,10,12-15H,1-5H3,(H,22,23)/t8?,10-,12-,13+,14-,15+,19?,20-/m1/s1. The summed E-state index contributed by atoms with van der Waals surface area (Å²) in [4.78, 5) is 13.1. The zero-order valence-corrected chi connectivity index (χ0v) is 18.4. The van der Waals surface area contributed by atoms with Gasteiger partial charge in [0.15, 0.2) is 11.6 Å². The van der Waals surface area contributed by atoms with Crippen molar-refractivity contribution in [1.29, 1.82) is 0 Å². The van der Waals surface area contributed by atoms with E-state index in [-0.39, 0.29) is 17.9 Å². The number of rotatable bonds is 1. The minimum Gasteiger partial charge on any atom is -0.353 e. The van der Waals surface area contributed by atoms with Crippen LogP contribution in [0.15, 0.2) is 22.2 Å². The molecular weight excluding hydrogens is 446 g/mol. The van der Waals surface area contributed by atoms with Crippen molar-refractivity contribution in [3.05, 3.63) is 22.2 Å². The number of hydrogen-bond acceptors (Lipinski definition) is 7. The van der Waals surface area contributed by atoms with E-state index in [9.17, 15) is 4.79 Å². The Bertz CT molecular complexity index is 884. The molecule has 2 bridgehead atoms. The first-order chi connectivity index (χ1) is 13.5. The van der Waals surface area contributed by atoms with Gasteiger partial charge in [-0.1, -0.05) is 22.0 Å². The number of ether oxygens (including phenoxy) is 6. The van der Waals surface area contributed by atoms with E-state index in [2.05, 4.69) is 21.2 Å². The van der Waals surface area contributed by atoms with Gasteiger partial charge in [-0.15, -0.1) is 0 Å². The second-order valence-corrected chi connectivity index (χ2v) is 10.3. The largest absolute Gasteiger partial charge is 0.353 e. The second-order valence-electron chi connectivity index (χ2n) is 9.43. The molecule has 1 spiro atoms. The third kappa shape index (κ3) is 2.12. The molecule has 1 N–H and O–H groups in total. The van der Waals surface area contributed by atoms with Gasteiger partial charge in [-0.25, -0.2) is 0 Å². The van der Waals surface area contributed by atoms with Gasteiger partial charge in [-0.3, -0.25) is 4.79 Å². The van der Waals surface area contributed by atoms with E-state index in [1.807, 2.05) is 39.8 Å². The Hall–Kier alpha value is -0.810. The number of carbonyl (C=O) groups is 1. The zero-order chi connectivity index (χ0) is 20.6. The lowest BCUT2D eigenvalue weighted by atomic mass is 9.62. The van der Waals surface area contributed by atoms with Gasteiger partial charge in [0.05, 0.1) is 17.5 Å². The molecule has 0 aromatic carbocycles. The molecule has 6 aliphatic rings. The molecule has 29 heavy (non-hydrogen) atoms. The molecule has 1 amide bonds. The van der Waals surface area contributed by atoms with Crippen LogP contribution in [0.5, 0.6) is 0 Å². The predicted molar refractivity (Wildman–Crippen MR) is 102 cm³/mol. The molecule has 0 aromatic heterocycles. The van der Waals surface area contributed by atoms with Crippen molar-refractivity contribution >= 4 is 21.8 Å². The molecule has 6 rings (SSSR count). The molecule has 0 radical (unpaired) electrons. The molecule has 1 saturated carbocycles. The summed E-state index contributed by atoms with van der Waals surface area (Å²) in [5.74, 6) is -3.46. The normalized spacial score (nSPS) is 52.8. The number of piperidine rings is 1. The van der Waals surface area contributed by atoms with Crippen LogP contribution < -0.4 is 5.32 Å². The number of hydrogen-bond donors (Lipinski definition) is 1. The van der Waals surface area contributed by atoms with E-state index in [0.29, 0.717) is 5.57 Å². The summed E-state index contributed by atoms with van der Waals surface area (Å²) >= 11 is 3.57. The Kier molecular flexibility index (Phi) is 3.47. The average Bonchev–Trinajstić information content (AvgIpc) is 3.32. The maximum absolute atomic E-state index is 13.1. The fourth-order valence-electron chi connectivity index (χ4n) is 6.08. The Morgan fingerprint density at radius 3 is 2.52 bits per heavy atom. The predicted octanol–water partition coefficient (Wildman–Crippen LogP) is 1.49. The van der Waals surface area contributed by atoms with Gasteiger partial charge in [0, 0.05) is 11.6 Å². The Morgan fingerprint density at radius 1 is 1.07 bits per heavy atom. The zero-order valence-electron chi connectivity index (χ0n) is 16.9. The summed E-state index contributed by atoms with van der Waals surface area (Å²) in [6.45, 7) is 7.40. The minimum atomic E-state index is -1.20. The highest BCUT2D eigenvalue weighted by Gasteiger charge is 2.78. The van der Waals surface area contributed by atoms with E-state index in [4.69, 9.17) is 28.4 Å². The van der Waals surface area contributed by atoms with E-state index in [0.717, 1.165) is 4.48 Å². The fourth-order valence-corrected chi connectivity index (χ4v) is 6.82. The first-order valence-electron chi connectivity index (χ1n) is 9.91. The summed E-state index contributed by atoms with van der Waals surface area (Å²) < 4.78 is 38.6. The Balaban J connectivity index is 1.57. The quantitative estimate of drug-likeness (QED) is 0.582. The summed E-state index contributed by atoms with van der Waals surface area (Å²) in [7, 11) is 1.60. The number of halogens is 1. The van der Waals surface area contributed by atoms with Gasteiger partial charge < -0.3 is 33.7 Å². The van der Waals surface area contributed by atoms with Crippen LogP contribution in [0, 0.1) is 5.92 Å². The van der Waals surface area contributed by atoms with Crippen LogP contribution in [0.25, 0.3) is 0 Å². The molecule has 0 aromatic rings. The van der Waals surface area contributed by atoms with Crippen molar-refractivity contribution in [2.45, 2.75) is 81.1 Å².